The summed E-state index contributed by atoms with van der Waals surface area (Å²) in [6, 6.07) is 2.49. The van der Waals surface area contributed by atoms with Gasteiger partial charge < -0.3 is 14.6 Å². The van der Waals surface area contributed by atoms with Crippen LogP contribution in [0.3, 0.4) is 0 Å². The van der Waals surface area contributed by atoms with E-state index in [1.165, 1.54) is 26.4 Å². The number of esters is 1. The molecule has 0 heterocycles. The van der Waals surface area contributed by atoms with Crippen LogP contribution in [0.4, 0.5) is 0 Å². The minimum atomic E-state index is -4.21. The van der Waals surface area contributed by atoms with Crippen LogP contribution in [0.1, 0.15) is 36.5 Å². The van der Waals surface area contributed by atoms with Crippen LogP contribution in [0.25, 0.3) is 0 Å². The summed E-state index contributed by atoms with van der Waals surface area (Å²) in [5, 5.41) is 9.19. The molecule has 1 atom stereocenters. The molecule has 24 heavy (non-hydrogen) atoms. The van der Waals surface area contributed by atoms with Gasteiger partial charge in [-0.3, -0.25) is 4.79 Å². The second-order valence-electron chi connectivity index (χ2n) is 5.01. The van der Waals surface area contributed by atoms with Crippen molar-refractivity contribution in [1.82, 2.24) is 4.72 Å². The molecular weight excluding hydrogens is 338 g/mol. The SMILES string of the molecule is CCCCC(NS(=O)(=O)c1cc(C(=O)OC)ccc1OC)C(=O)O. The van der Waals surface area contributed by atoms with Gasteiger partial charge in [-0.15, -0.1) is 0 Å². The Morgan fingerprint density at radius 1 is 1.29 bits per heavy atom. The third kappa shape index (κ3) is 4.93. The van der Waals surface area contributed by atoms with Gasteiger partial charge in [0.25, 0.3) is 0 Å². The number of sulfonamides is 1. The lowest BCUT2D eigenvalue weighted by atomic mass is 10.1. The number of carbonyl (C=O) groups excluding carboxylic acids is 1. The zero-order chi connectivity index (χ0) is 18.3. The number of ether oxygens (including phenoxy) is 2. The molecule has 0 radical (unpaired) electrons. The number of carboxylic acid groups (broad SMARTS) is 1. The van der Waals surface area contributed by atoms with Gasteiger partial charge in [0.05, 0.1) is 19.8 Å². The van der Waals surface area contributed by atoms with Crippen LogP contribution in [0.15, 0.2) is 23.1 Å². The first-order valence-electron chi connectivity index (χ1n) is 7.28. The maximum atomic E-state index is 12.5. The fourth-order valence-electron chi connectivity index (χ4n) is 2.02. The van der Waals surface area contributed by atoms with Crippen LogP contribution in [0.2, 0.25) is 0 Å². The first-order chi connectivity index (χ1) is 11.3. The maximum absolute atomic E-state index is 12.5. The molecule has 0 spiro atoms. The monoisotopic (exact) mass is 359 g/mol. The fourth-order valence-corrected chi connectivity index (χ4v) is 3.44. The number of unbranched alkanes of at least 4 members (excludes halogenated alkanes) is 1. The third-order valence-electron chi connectivity index (χ3n) is 3.32. The molecule has 9 heteroatoms. The van der Waals surface area contributed by atoms with Crippen LogP contribution >= 0.6 is 0 Å². The predicted molar refractivity (Wildman–Crippen MR) is 85.6 cm³/mol. The van der Waals surface area contributed by atoms with E-state index in [2.05, 4.69) is 9.46 Å². The summed E-state index contributed by atoms with van der Waals surface area (Å²) in [5.41, 5.74) is 0.0131. The molecule has 1 unspecified atom stereocenters. The molecule has 0 saturated carbocycles. The Balaban J connectivity index is 3.24. The van der Waals surface area contributed by atoms with Gasteiger partial charge in [0.15, 0.2) is 0 Å². The Bertz CT molecular complexity index is 700. The van der Waals surface area contributed by atoms with Gasteiger partial charge in [-0.05, 0) is 24.6 Å². The number of aliphatic carboxylic acids is 1. The molecule has 0 aliphatic carbocycles. The maximum Gasteiger partial charge on any atom is 0.337 e. The zero-order valence-electron chi connectivity index (χ0n) is 13.7. The molecule has 8 nitrogen and oxygen atoms in total. The van der Waals surface area contributed by atoms with Crippen molar-refractivity contribution < 1.29 is 32.6 Å². The van der Waals surface area contributed by atoms with Gasteiger partial charge in [0, 0.05) is 0 Å². The van der Waals surface area contributed by atoms with Crippen LogP contribution < -0.4 is 9.46 Å². The van der Waals surface area contributed by atoms with E-state index in [0.29, 0.717) is 6.42 Å². The van der Waals surface area contributed by atoms with Gasteiger partial charge in [0.2, 0.25) is 10.0 Å². The van der Waals surface area contributed by atoms with Gasteiger partial charge in [-0.25, -0.2) is 13.2 Å². The quantitative estimate of drug-likeness (QED) is 0.640. The van der Waals surface area contributed by atoms with E-state index in [1.54, 1.807) is 0 Å². The molecule has 0 aliphatic rings. The highest BCUT2D eigenvalue weighted by molar-refractivity contribution is 7.89. The number of methoxy groups -OCH3 is 2. The predicted octanol–water partition coefficient (Wildman–Crippen LogP) is 1.40. The summed E-state index contributed by atoms with van der Waals surface area (Å²) in [6.07, 6.45) is 1.44. The summed E-state index contributed by atoms with van der Waals surface area (Å²) in [4.78, 5) is 22.5. The smallest absolute Gasteiger partial charge is 0.337 e. The van der Waals surface area contributed by atoms with Crippen LogP contribution in [0.5, 0.6) is 5.75 Å². The van der Waals surface area contributed by atoms with Gasteiger partial charge in [-0.2, -0.15) is 4.72 Å². The van der Waals surface area contributed by atoms with Crippen molar-refractivity contribution in [3.05, 3.63) is 23.8 Å². The highest BCUT2D eigenvalue weighted by atomic mass is 32.2. The zero-order valence-corrected chi connectivity index (χ0v) is 14.6. The minimum absolute atomic E-state index is 0.00483. The molecule has 2 N–H and O–H groups in total. The average molecular weight is 359 g/mol. The first kappa shape index (κ1) is 19.9. The van der Waals surface area contributed by atoms with Gasteiger partial charge >= 0.3 is 11.9 Å². The standard InChI is InChI=1S/C15H21NO7S/c1-4-5-6-11(14(17)18)16-24(20,21)13-9-10(15(19)23-3)7-8-12(13)22-2/h7-9,11,16H,4-6H2,1-3H3,(H,17,18). The fraction of sp³-hybridized carbons (Fsp3) is 0.467. The number of carboxylic acids is 1. The second kappa shape index (κ2) is 8.65. The van der Waals surface area contributed by atoms with E-state index < -0.39 is 28.0 Å². The lowest BCUT2D eigenvalue weighted by molar-refractivity contribution is -0.139. The Morgan fingerprint density at radius 2 is 1.96 bits per heavy atom. The van der Waals surface area contributed by atoms with E-state index >= 15 is 0 Å². The molecule has 0 saturated heterocycles. The van der Waals surface area contributed by atoms with Crippen LogP contribution in [-0.2, 0) is 19.6 Å². The molecule has 0 aliphatic heterocycles. The molecular formula is C15H21NO7S. The number of benzene rings is 1. The first-order valence-corrected chi connectivity index (χ1v) is 8.76. The Labute approximate surface area is 140 Å². The molecule has 1 rings (SSSR count). The number of hydrogen-bond donors (Lipinski definition) is 2. The van der Waals surface area contributed by atoms with Crippen LogP contribution in [0, 0.1) is 0 Å². The van der Waals surface area contributed by atoms with Crippen LogP contribution in [-0.4, -0.2) is 45.7 Å². The Hall–Kier alpha value is -2.13. The third-order valence-corrected chi connectivity index (χ3v) is 4.81. The Kier molecular flexibility index (Phi) is 7.18. The summed E-state index contributed by atoms with van der Waals surface area (Å²) >= 11 is 0. The lowest BCUT2D eigenvalue weighted by Gasteiger charge is -2.16. The highest BCUT2D eigenvalue weighted by Crippen LogP contribution is 2.25. The largest absolute Gasteiger partial charge is 0.495 e. The summed E-state index contributed by atoms with van der Waals surface area (Å²) in [7, 11) is -1.76. The van der Waals surface area contributed by atoms with E-state index in [1.807, 2.05) is 6.92 Å². The summed E-state index contributed by atoms with van der Waals surface area (Å²) < 4.78 is 36.8. The average Bonchev–Trinajstić information content (AvgIpc) is 2.56. The van der Waals surface area contributed by atoms with Gasteiger partial charge in [-0.1, -0.05) is 19.8 Å². The normalized spacial score (nSPS) is 12.5. The van der Waals surface area contributed by atoms with E-state index in [4.69, 9.17) is 4.74 Å². The lowest BCUT2D eigenvalue weighted by Crippen LogP contribution is -2.40. The molecule has 0 amide bonds. The van der Waals surface area contributed by atoms with Crippen molar-refractivity contribution in [2.24, 2.45) is 0 Å². The number of rotatable bonds is 9. The van der Waals surface area contributed by atoms with Crippen molar-refractivity contribution >= 4 is 22.0 Å². The minimum Gasteiger partial charge on any atom is -0.495 e. The van der Waals surface area contributed by atoms with E-state index in [-0.39, 0.29) is 22.6 Å². The second-order valence-corrected chi connectivity index (χ2v) is 6.69. The molecule has 134 valence electrons. The van der Waals surface area contributed by atoms with E-state index in [9.17, 15) is 23.1 Å². The number of hydrogen-bond acceptors (Lipinski definition) is 6. The molecule has 1 aromatic rings. The van der Waals surface area contributed by atoms with Gasteiger partial charge in [0.1, 0.15) is 16.7 Å². The summed E-state index contributed by atoms with van der Waals surface area (Å²) in [6.45, 7) is 1.87. The molecule has 1 aromatic carbocycles. The molecule has 0 aromatic heterocycles. The Morgan fingerprint density at radius 3 is 2.46 bits per heavy atom. The number of nitrogens with one attached hydrogen (secondary N) is 1. The van der Waals surface area contributed by atoms with Crippen molar-refractivity contribution in [1.29, 1.82) is 0 Å². The molecule has 0 fully saturated rings. The molecule has 0 bridgehead atoms. The van der Waals surface area contributed by atoms with Crippen molar-refractivity contribution in [3.8, 4) is 5.75 Å². The van der Waals surface area contributed by atoms with Crippen molar-refractivity contribution in [2.75, 3.05) is 14.2 Å². The number of carbonyl (C=O) groups is 2. The van der Waals surface area contributed by atoms with Crippen molar-refractivity contribution in [2.45, 2.75) is 37.1 Å². The summed E-state index contributed by atoms with van der Waals surface area (Å²) in [5.74, 6) is -1.99. The van der Waals surface area contributed by atoms with Crippen molar-refractivity contribution in [3.63, 3.8) is 0 Å². The van der Waals surface area contributed by atoms with E-state index in [0.717, 1.165) is 12.5 Å². The topological polar surface area (TPSA) is 119 Å². The highest BCUT2D eigenvalue weighted by Gasteiger charge is 2.28.